The van der Waals surface area contributed by atoms with Crippen LogP contribution in [0.3, 0.4) is 0 Å². The zero-order valence-corrected chi connectivity index (χ0v) is 14.4. The number of carbonyl (C=O) groups is 2. The Morgan fingerprint density at radius 3 is 2.65 bits per heavy atom. The van der Waals surface area contributed by atoms with Crippen LogP contribution in [0, 0.1) is 6.92 Å². The summed E-state index contributed by atoms with van der Waals surface area (Å²) in [5.41, 5.74) is 2.79. The maximum absolute atomic E-state index is 12.1. The second-order valence-corrected chi connectivity index (χ2v) is 5.72. The van der Waals surface area contributed by atoms with Gasteiger partial charge in [0.15, 0.2) is 6.61 Å². The molecule has 26 heavy (non-hydrogen) atoms. The average Bonchev–Trinajstić information content (AvgIpc) is 3.09. The third-order valence-electron chi connectivity index (χ3n) is 3.52. The Hall–Kier alpha value is -3.48. The van der Waals surface area contributed by atoms with Gasteiger partial charge in [-0.3, -0.25) is 4.79 Å². The van der Waals surface area contributed by atoms with Gasteiger partial charge in [0.2, 0.25) is 11.7 Å². The number of rotatable bonds is 5. The fourth-order valence-electron chi connectivity index (χ4n) is 2.27. The number of aryl methyl sites for hydroxylation is 1. The number of hydrogen-bond acceptors (Lipinski definition) is 6. The molecule has 2 aromatic carbocycles. The van der Waals surface area contributed by atoms with E-state index in [-0.39, 0.29) is 18.4 Å². The van der Waals surface area contributed by atoms with Crippen LogP contribution in [-0.4, -0.2) is 22.0 Å². The first-order valence-electron chi connectivity index (χ1n) is 7.95. The molecule has 7 nitrogen and oxygen atoms in total. The van der Waals surface area contributed by atoms with Crippen molar-refractivity contribution in [3.8, 4) is 11.4 Å². The lowest BCUT2D eigenvalue weighted by Gasteiger charge is -2.05. The van der Waals surface area contributed by atoms with Crippen LogP contribution in [-0.2, 0) is 16.1 Å². The second kappa shape index (κ2) is 7.60. The minimum absolute atomic E-state index is 0.137. The minimum Gasteiger partial charge on any atom is -0.452 e. The van der Waals surface area contributed by atoms with Crippen LogP contribution in [0.1, 0.15) is 28.7 Å². The summed E-state index contributed by atoms with van der Waals surface area (Å²) in [5, 5.41) is 6.50. The van der Waals surface area contributed by atoms with Crippen LogP contribution in [0.4, 0.5) is 5.69 Å². The lowest BCUT2D eigenvalue weighted by molar-refractivity contribution is -0.114. The highest BCUT2D eigenvalue weighted by Crippen LogP contribution is 2.17. The van der Waals surface area contributed by atoms with Crippen molar-refractivity contribution in [1.82, 2.24) is 10.1 Å². The van der Waals surface area contributed by atoms with Crippen molar-refractivity contribution < 1.29 is 18.8 Å². The van der Waals surface area contributed by atoms with Gasteiger partial charge in [-0.05, 0) is 25.1 Å². The maximum atomic E-state index is 12.1. The van der Waals surface area contributed by atoms with Gasteiger partial charge in [0, 0.05) is 18.2 Å². The highest BCUT2D eigenvalue weighted by atomic mass is 16.6. The molecular formula is C19H17N3O4. The van der Waals surface area contributed by atoms with Crippen molar-refractivity contribution in [2.24, 2.45) is 0 Å². The molecule has 0 saturated heterocycles. The zero-order chi connectivity index (χ0) is 18.5. The summed E-state index contributed by atoms with van der Waals surface area (Å²) in [6.45, 7) is 3.25. The molecule has 1 amide bonds. The molecule has 0 unspecified atom stereocenters. The van der Waals surface area contributed by atoms with Crippen LogP contribution in [0.5, 0.6) is 0 Å². The summed E-state index contributed by atoms with van der Waals surface area (Å²) in [7, 11) is 0. The molecule has 1 N–H and O–H groups in total. The Balaban J connectivity index is 1.63. The largest absolute Gasteiger partial charge is 0.452 e. The molecule has 0 saturated carbocycles. The van der Waals surface area contributed by atoms with Crippen molar-refractivity contribution in [1.29, 1.82) is 0 Å². The number of ether oxygens (including phenoxy) is 1. The number of anilines is 1. The van der Waals surface area contributed by atoms with E-state index in [9.17, 15) is 9.59 Å². The average molecular weight is 351 g/mol. The Morgan fingerprint density at radius 2 is 1.92 bits per heavy atom. The molecule has 0 bridgehead atoms. The summed E-state index contributed by atoms with van der Waals surface area (Å²) in [5.74, 6) is -0.132. The molecule has 1 aromatic heterocycles. The standard InChI is InChI=1S/C19H17N3O4/c1-12-6-8-14(9-7-12)18-21-17(26-22-18)11-25-19(24)15-4-3-5-16(10-15)20-13(2)23/h3-10H,11H2,1-2H3,(H,20,23). The molecule has 0 radical (unpaired) electrons. The fraction of sp³-hybridized carbons (Fsp3) is 0.158. The number of nitrogens with zero attached hydrogens (tertiary/aromatic N) is 2. The van der Waals surface area contributed by atoms with Gasteiger partial charge in [-0.15, -0.1) is 0 Å². The summed E-state index contributed by atoms with van der Waals surface area (Å²) >= 11 is 0. The normalized spacial score (nSPS) is 10.4. The van der Waals surface area contributed by atoms with Crippen molar-refractivity contribution in [3.05, 3.63) is 65.5 Å². The van der Waals surface area contributed by atoms with E-state index in [4.69, 9.17) is 9.26 Å². The summed E-state index contributed by atoms with van der Waals surface area (Å²) in [6, 6.07) is 14.2. The van der Waals surface area contributed by atoms with E-state index in [0.29, 0.717) is 17.1 Å². The zero-order valence-electron chi connectivity index (χ0n) is 14.4. The van der Waals surface area contributed by atoms with Crippen molar-refractivity contribution in [2.75, 3.05) is 5.32 Å². The highest BCUT2D eigenvalue weighted by molar-refractivity contribution is 5.93. The molecule has 0 aliphatic rings. The second-order valence-electron chi connectivity index (χ2n) is 5.72. The van der Waals surface area contributed by atoms with Gasteiger partial charge in [-0.2, -0.15) is 4.98 Å². The topological polar surface area (TPSA) is 94.3 Å². The number of benzene rings is 2. The Labute approximate surface area is 150 Å². The number of esters is 1. The van der Waals surface area contributed by atoms with Crippen molar-refractivity contribution in [2.45, 2.75) is 20.5 Å². The molecule has 132 valence electrons. The number of carbonyl (C=O) groups excluding carboxylic acids is 2. The van der Waals surface area contributed by atoms with Gasteiger partial charge in [0.05, 0.1) is 5.56 Å². The smallest absolute Gasteiger partial charge is 0.338 e. The fourth-order valence-corrected chi connectivity index (χ4v) is 2.27. The molecule has 0 fully saturated rings. The van der Waals surface area contributed by atoms with Gasteiger partial charge in [-0.25, -0.2) is 4.79 Å². The predicted molar refractivity (Wildman–Crippen MR) is 94.3 cm³/mol. The highest BCUT2D eigenvalue weighted by Gasteiger charge is 2.13. The summed E-state index contributed by atoms with van der Waals surface area (Å²) in [4.78, 5) is 27.5. The van der Waals surface area contributed by atoms with Crippen molar-refractivity contribution >= 4 is 17.6 Å². The number of amides is 1. The summed E-state index contributed by atoms with van der Waals surface area (Å²) in [6.07, 6.45) is 0. The van der Waals surface area contributed by atoms with E-state index in [2.05, 4.69) is 15.5 Å². The van der Waals surface area contributed by atoms with Crippen LogP contribution in [0.2, 0.25) is 0 Å². The Morgan fingerprint density at radius 1 is 1.15 bits per heavy atom. The van der Waals surface area contributed by atoms with E-state index >= 15 is 0 Å². The molecule has 0 spiro atoms. The van der Waals surface area contributed by atoms with Gasteiger partial charge in [-0.1, -0.05) is 41.1 Å². The van der Waals surface area contributed by atoms with Gasteiger partial charge in [0.25, 0.3) is 5.89 Å². The van der Waals surface area contributed by atoms with Crippen LogP contribution in [0.15, 0.2) is 53.1 Å². The van der Waals surface area contributed by atoms with Crippen LogP contribution < -0.4 is 5.32 Å². The number of hydrogen-bond donors (Lipinski definition) is 1. The monoisotopic (exact) mass is 351 g/mol. The lowest BCUT2D eigenvalue weighted by Crippen LogP contribution is -2.09. The molecule has 0 atom stereocenters. The van der Waals surface area contributed by atoms with E-state index in [1.54, 1.807) is 18.2 Å². The quantitative estimate of drug-likeness (QED) is 0.708. The van der Waals surface area contributed by atoms with Crippen LogP contribution in [0.25, 0.3) is 11.4 Å². The molecule has 3 rings (SSSR count). The van der Waals surface area contributed by atoms with E-state index in [0.717, 1.165) is 11.1 Å². The SMILES string of the molecule is CC(=O)Nc1cccc(C(=O)OCc2nc(-c3ccc(C)cc3)no2)c1. The minimum atomic E-state index is -0.549. The van der Waals surface area contributed by atoms with Gasteiger partial charge in [0.1, 0.15) is 0 Å². The molecule has 1 heterocycles. The molecule has 7 heteroatoms. The molecule has 0 aliphatic heterocycles. The Kier molecular flexibility index (Phi) is 5.07. The van der Waals surface area contributed by atoms with Crippen molar-refractivity contribution in [3.63, 3.8) is 0 Å². The third-order valence-corrected chi connectivity index (χ3v) is 3.52. The first-order valence-corrected chi connectivity index (χ1v) is 7.95. The third kappa shape index (κ3) is 4.32. The van der Waals surface area contributed by atoms with Gasteiger partial charge >= 0.3 is 5.97 Å². The first kappa shape index (κ1) is 17.3. The maximum Gasteiger partial charge on any atom is 0.338 e. The van der Waals surface area contributed by atoms with Crippen LogP contribution >= 0.6 is 0 Å². The predicted octanol–water partition coefficient (Wildman–Crippen LogP) is 3.36. The summed E-state index contributed by atoms with van der Waals surface area (Å²) < 4.78 is 10.3. The van der Waals surface area contributed by atoms with Gasteiger partial charge < -0.3 is 14.6 Å². The van der Waals surface area contributed by atoms with E-state index in [1.807, 2.05) is 31.2 Å². The van der Waals surface area contributed by atoms with E-state index in [1.165, 1.54) is 13.0 Å². The number of nitrogens with one attached hydrogen (secondary N) is 1. The molecule has 0 aliphatic carbocycles. The lowest BCUT2D eigenvalue weighted by atomic mass is 10.1. The first-order chi connectivity index (χ1) is 12.5. The molecular weight excluding hydrogens is 334 g/mol. The Bertz CT molecular complexity index is 932. The number of aromatic nitrogens is 2. The molecule has 3 aromatic rings. The van der Waals surface area contributed by atoms with E-state index < -0.39 is 5.97 Å².